The largest absolute Gasteiger partial charge is 0.506 e. The molecule has 0 unspecified atom stereocenters. The summed E-state index contributed by atoms with van der Waals surface area (Å²) < 4.78 is 1.10. The number of rotatable bonds is 8. The number of carboxylic acids is 1. The minimum Gasteiger partial charge on any atom is -0.506 e. The van der Waals surface area contributed by atoms with Crippen LogP contribution in [-0.2, 0) is 16.1 Å². The number of hydrogen-bond acceptors (Lipinski definition) is 5. The van der Waals surface area contributed by atoms with Gasteiger partial charge in [-0.2, -0.15) is 0 Å². The third-order valence-corrected chi connectivity index (χ3v) is 4.92. The molecule has 3 rings (SSSR count). The van der Waals surface area contributed by atoms with Crippen molar-refractivity contribution in [3.8, 4) is 5.75 Å². The lowest BCUT2D eigenvalue weighted by molar-refractivity contribution is -0.137. The minimum absolute atomic E-state index is 0.0895. The molecule has 10 nitrogen and oxygen atoms in total. The molecule has 1 heterocycles. The zero-order valence-corrected chi connectivity index (χ0v) is 18.3. The van der Waals surface area contributed by atoms with Crippen LogP contribution in [0.25, 0.3) is 0 Å². The van der Waals surface area contributed by atoms with Crippen LogP contribution in [0.4, 0.5) is 16.2 Å². The lowest BCUT2D eigenvalue weighted by Crippen LogP contribution is -2.36. The molecule has 0 aliphatic heterocycles. The van der Waals surface area contributed by atoms with E-state index in [1.807, 2.05) is 6.92 Å². The van der Waals surface area contributed by atoms with Gasteiger partial charge in [0, 0.05) is 6.20 Å². The van der Waals surface area contributed by atoms with E-state index < -0.39 is 29.5 Å². The molecule has 0 aliphatic carbocycles. The first-order valence-electron chi connectivity index (χ1n) is 10.4. The molecule has 2 aromatic carbocycles. The standard InChI is InChI=1S/C24H24N4O6/c1-15-8-10-16(11-9-15)19(13-22(31)32)27-24(34)26-18-6-4-12-28(23(18)33)14-21(30)25-17-5-2-3-7-20(17)29/h2-12,19,29H,13-14H2,1H3,(H,25,30)(H,31,32)(H2,26,27,34)/t19-/m0/s1. The summed E-state index contributed by atoms with van der Waals surface area (Å²) in [6.07, 6.45) is 1.04. The molecular weight excluding hydrogens is 440 g/mol. The highest BCUT2D eigenvalue weighted by Crippen LogP contribution is 2.21. The lowest BCUT2D eigenvalue weighted by Gasteiger charge is -2.18. The van der Waals surface area contributed by atoms with E-state index in [4.69, 9.17) is 0 Å². The van der Waals surface area contributed by atoms with Crippen LogP contribution >= 0.6 is 0 Å². The Morgan fingerprint density at radius 1 is 0.941 bits per heavy atom. The molecule has 0 bridgehead atoms. The van der Waals surface area contributed by atoms with E-state index in [0.717, 1.165) is 10.1 Å². The first-order chi connectivity index (χ1) is 16.2. The third-order valence-electron chi connectivity index (χ3n) is 4.92. The van der Waals surface area contributed by atoms with E-state index in [-0.39, 0.29) is 30.1 Å². The molecule has 0 saturated heterocycles. The fraction of sp³-hybridized carbons (Fsp3) is 0.167. The van der Waals surface area contributed by atoms with Crippen molar-refractivity contribution in [3.63, 3.8) is 0 Å². The maximum Gasteiger partial charge on any atom is 0.319 e. The first kappa shape index (κ1) is 24.1. The van der Waals surface area contributed by atoms with Crippen molar-refractivity contribution < 1.29 is 24.6 Å². The Hall–Kier alpha value is -4.60. The van der Waals surface area contributed by atoms with Crippen LogP contribution in [0, 0.1) is 6.92 Å². The fourth-order valence-electron chi connectivity index (χ4n) is 3.22. The number of aryl methyl sites for hydroxylation is 1. The van der Waals surface area contributed by atoms with Gasteiger partial charge in [-0.1, -0.05) is 42.0 Å². The van der Waals surface area contributed by atoms with Gasteiger partial charge in [-0.05, 0) is 36.8 Å². The second kappa shape index (κ2) is 10.8. The van der Waals surface area contributed by atoms with Gasteiger partial charge in [0.2, 0.25) is 5.91 Å². The number of nitrogens with one attached hydrogen (secondary N) is 3. The van der Waals surface area contributed by atoms with Crippen molar-refractivity contribution in [2.75, 3.05) is 10.6 Å². The van der Waals surface area contributed by atoms with Crippen LogP contribution in [-0.4, -0.2) is 32.7 Å². The Balaban J connectivity index is 1.69. The number of carbonyl (C=O) groups is 3. The van der Waals surface area contributed by atoms with Gasteiger partial charge in [0.05, 0.1) is 18.2 Å². The van der Waals surface area contributed by atoms with Crippen molar-refractivity contribution in [2.45, 2.75) is 25.9 Å². The maximum atomic E-state index is 12.7. The number of aromatic nitrogens is 1. The number of benzene rings is 2. The number of aromatic hydroxyl groups is 1. The van der Waals surface area contributed by atoms with Crippen LogP contribution in [0.1, 0.15) is 23.6 Å². The highest BCUT2D eigenvalue weighted by Gasteiger charge is 2.19. The summed E-state index contributed by atoms with van der Waals surface area (Å²) in [5.74, 6) is -1.76. The SMILES string of the molecule is Cc1ccc([C@H](CC(=O)O)NC(=O)Nc2cccn(CC(=O)Nc3ccccc3O)c2=O)cc1. The van der Waals surface area contributed by atoms with Gasteiger partial charge in [-0.15, -0.1) is 0 Å². The molecule has 34 heavy (non-hydrogen) atoms. The number of carboxylic acid groups (broad SMARTS) is 1. The number of phenols is 1. The lowest BCUT2D eigenvalue weighted by atomic mass is 10.0. The van der Waals surface area contributed by atoms with Crippen LogP contribution in [0.3, 0.4) is 0 Å². The molecule has 5 N–H and O–H groups in total. The van der Waals surface area contributed by atoms with Gasteiger partial charge < -0.3 is 30.7 Å². The summed E-state index contributed by atoms with van der Waals surface area (Å²) in [7, 11) is 0. The van der Waals surface area contributed by atoms with E-state index in [9.17, 15) is 29.4 Å². The van der Waals surface area contributed by atoms with Gasteiger partial charge in [-0.3, -0.25) is 14.4 Å². The molecule has 3 aromatic rings. The number of anilines is 2. The molecular formula is C24H24N4O6. The van der Waals surface area contributed by atoms with E-state index in [0.29, 0.717) is 5.56 Å². The van der Waals surface area contributed by atoms with Gasteiger partial charge in [0.25, 0.3) is 5.56 Å². The van der Waals surface area contributed by atoms with Gasteiger partial charge >= 0.3 is 12.0 Å². The quantitative estimate of drug-likeness (QED) is 0.324. The number of pyridine rings is 1. The first-order valence-corrected chi connectivity index (χ1v) is 10.4. The summed E-state index contributed by atoms with van der Waals surface area (Å²) in [4.78, 5) is 48.8. The predicted octanol–water partition coefficient (Wildman–Crippen LogP) is 2.84. The van der Waals surface area contributed by atoms with Crippen molar-refractivity contribution in [2.24, 2.45) is 0 Å². The molecule has 1 aromatic heterocycles. The summed E-state index contributed by atoms with van der Waals surface area (Å²) >= 11 is 0. The Kier molecular flexibility index (Phi) is 7.65. The second-order valence-electron chi connectivity index (χ2n) is 7.58. The normalized spacial score (nSPS) is 11.3. The summed E-state index contributed by atoms with van der Waals surface area (Å²) in [6, 6.07) is 14.5. The summed E-state index contributed by atoms with van der Waals surface area (Å²) in [5.41, 5.74) is 1.08. The topological polar surface area (TPSA) is 150 Å². The van der Waals surface area contributed by atoms with E-state index in [2.05, 4.69) is 16.0 Å². The number of hydrogen-bond donors (Lipinski definition) is 5. The monoisotopic (exact) mass is 464 g/mol. The van der Waals surface area contributed by atoms with Gasteiger partial charge in [-0.25, -0.2) is 4.79 Å². The number of amides is 3. The van der Waals surface area contributed by atoms with Crippen LogP contribution < -0.4 is 21.5 Å². The second-order valence-corrected chi connectivity index (χ2v) is 7.58. The smallest absolute Gasteiger partial charge is 0.319 e. The van der Waals surface area contributed by atoms with Crippen LogP contribution in [0.5, 0.6) is 5.75 Å². The molecule has 1 atom stereocenters. The predicted molar refractivity (Wildman–Crippen MR) is 126 cm³/mol. The average molecular weight is 464 g/mol. The van der Waals surface area contributed by atoms with Gasteiger partial charge in [0.15, 0.2) is 0 Å². The molecule has 3 amide bonds. The fourth-order valence-corrected chi connectivity index (χ4v) is 3.22. The van der Waals surface area contributed by atoms with Crippen molar-refractivity contribution in [3.05, 3.63) is 88.3 Å². The molecule has 0 spiro atoms. The number of urea groups is 1. The van der Waals surface area contributed by atoms with Crippen LogP contribution in [0.15, 0.2) is 71.7 Å². The molecule has 176 valence electrons. The maximum absolute atomic E-state index is 12.7. The summed E-state index contributed by atoms with van der Waals surface area (Å²) in [6.45, 7) is 1.54. The highest BCUT2D eigenvalue weighted by molar-refractivity contribution is 5.92. The highest BCUT2D eigenvalue weighted by atomic mass is 16.4. The minimum atomic E-state index is -1.09. The Labute approximate surface area is 194 Å². The molecule has 0 aliphatic rings. The zero-order valence-electron chi connectivity index (χ0n) is 18.3. The Bertz CT molecular complexity index is 1250. The number of para-hydroxylation sites is 2. The van der Waals surface area contributed by atoms with Gasteiger partial charge in [0.1, 0.15) is 18.0 Å². The van der Waals surface area contributed by atoms with E-state index in [1.54, 1.807) is 36.4 Å². The van der Waals surface area contributed by atoms with E-state index >= 15 is 0 Å². The number of nitrogens with zero attached hydrogens (tertiary/aromatic N) is 1. The summed E-state index contributed by atoms with van der Waals surface area (Å²) in [5, 5.41) is 26.5. The molecule has 0 radical (unpaired) electrons. The molecule has 0 fully saturated rings. The number of carbonyl (C=O) groups excluding carboxylic acids is 2. The molecule has 10 heteroatoms. The third kappa shape index (κ3) is 6.45. The zero-order chi connectivity index (χ0) is 24.7. The Morgan fingerprint density at radius 2 is 1.62 bits per heavy atom. The van der Waals surface area contributed by atoms with Crippen LogP contribution in [0.2, 0.25) is 0 Å². The van der Waals surface area contributed by atoms with Crippen molar-refractivity contribution >= 4 is 29.3 Å². The van der Waals surface area contributed by atoms with Crippen molar-refractivity contribution in [1.82, 2.24) is 9.88 Å². The molecule has 0 saturated carbocycles. The number of phenolic OH excluding ortho intramolecular Hbond substituents is 1. The Morgan fingerprint density at radius 3 is 2.29 bits per heavy atom. The van der Waals surface area contributed by atoms with Crippen molar-refractivity contribution in [1.29, 1.82) is 0 Å². The average Bonchev–Trinajstić information content (AvgIpc) is 2.78. The number of aliphatic carboxylic acids is 1. The van der Waals surface area contributed by atoms with E-state index in [1.165, 1.54) is 30.5 Å².